The molecule has 4 aromatic rings. The maximum atomic E-state index is 9.44. The molecule has 0 aliphatic carbocycles. The first kappa shape index (κ1) is 31.6. The number of ether oxygens (including phenoxy) is 4. The van der Waals surface area contributed by atoms with Crippen molar-refractivity contribution in [3.8, 4) is 39.5 Å². The summed E-state index contributed by atoms with van der Waals surface area (Å²) < 4.78 is 22.7. The number of benzene rings is 4. The Balaban J connectivity index is 1.72. The van der Waals surface area contributed by atoms with E-state index in [0.29, 0.717) is 23.7 Å². The Morgan fingerprint density at radius 1 is 0.628 bits per heavy atom. The summed E-state index contributed by atoms with van der Waals surface area (Å²) in [5.74, 6) is 1.97. The Hall–Kier alpha value is -4.34. The molecule has 0 aromatic heterocycles. The summed E-state index contributed by atoms with van der Waals surface area (Å²) in [6, 6.07) is 27.5. The van der Waals surface area contributed by atoms with Crippen molar-refractivity contribution >= 4 is 0 Å². The smallest absolute Gasteiger partial charge is 0.126 e. The maximum absolute atomic E-state index is 9.44. The van der Waals surface area contributed by atoms with Gasteiger partial charge in [0.05, 0.1) is 32.5 Å². The van der Waals surface area contributed by atoms with Gasteiger partial charge in [-0.25, -0.2) is 0 Å². The molecule has 0 aliphatic rings. The van der Waals surface area contributed by atoms with Crippen LogP contribution in [0.1, 0.15) is 29.7 Å². The predicted octanol–water partition coefficient (Wildman–Crippen LogP) is 5.83. The molecule has 0 saturated carbocycles. The van der Waals surface area contributed by atoms with E-state index in [1.807, 2.05) is 73.7 Å². The van der Waals surface area contributed by atoms with Crippen LogP contribution in [0.3, 0.4) is 0 Å². The van der Waals surface area contributed by atoms with Crippen LogP contribution < -0.4 is 14.2 Å². The zero-order chi connectivity index (χ0) is 30.4. The summed E-state index contributed by atoms with van der Waals surface area (Å²) in [7, 11) is 0. The average molecular weight is 587 g/mol. The van der Waals surface area contributed by atoms with E-state index in [4.69, 9.17) is 29.2 Å². The van der Waals surface area contributed by atoms with Gasteiger partial charge in [-0.05, 0) is 82.3 Å². The summed E-state index contributed by atoms with van der Waals surface area (Å²) in [4.78, 5) is 0. The van der Waals surface area contributed by atoms with E-state index in [2.05, 4.69) is 18.2 Å². The van der Waals surface area contributed by atoms with Gasteiger partial charge >= 0.3 is 0 Å². The summed E-state index contributed by atoms with van der Waals surface area (Å²) in [6.45, 7) is 2.39. The number of hydrogen-bond donors (Lipinski definition) is 4. The number of rotatable bonds is 16. The second kappa shape index (κ2) is 16.3. The molecule has 1 atom stereocenters. The molecule has 8 heteroatoms. The SMILES string of the molecule is C[C@H](OCCO)c1ccc(-c2ccc(O/C=C/O)cc2)cc1Cc1cc(-c2ccc(OCCO)cc2)ccc1OCCO. The maximum Gasteiger partial charge on any atom is 0.126 e. The molecule has 226 valence electrons. The zero-order valence-corrected chi connectivity index (χ0v) is 24.2. The molecule has 4 N–H and O–H groups in total. The van der Waals surface area contributed by atoms with Crippen LogP contribution in [-0.2, 0) is 11.2 Å². The third kappa shape index (κ3) is 8.83. The fraction of sp³-hybridized carbons (Fsp3) is 0.257. The Morgan fingerprint density at radius 2 is 1.19 bits per heavy atom. The normalized spacial score (nSPS) is 11.9. The van der Waals surface area contributed by atoms with Gasteiger partial charge in [0.25, 0.3) is 0 Å². The van der Waals surface area contributed by atoms with Crippen molar-refractivity contribution in [2.75, 3.05) is 39.6 Å². The van der Waals surface area contributed by atoms with Crippen LogP contribution in [0.4, 0.5) is 0 Å². The molecular formula is C35H38O8. The Kier molecular flexibility index (Phi) is 12.0. The number of aliphatic hydroxyl groups excluding tert-OH is 4. The molecular weight excluding hydrogens is 548 g/mol. The van der Waals surface area contributed by atoms with Gasteiger partial charge in [0.2, 0.25) is 0 Å². The van der Waals surface area contributed by atoms with Gasteiger partial charge in [-0.3, -0.25) is 0 Å². The lowest BCUT2D eigenvalue weighted by Gasteiger charge is -2.20. The van der Waals surface area contributed by atoms with Gasteiger partial charge in [0.15, 0.2) is 0 Å². The summed E-state index contributed by atoms with van der Waals surface area (Å²) in [5, 5.41) is 36.7. The second-order valence-corrected chi connectivity index (χ2v) is 9.75. The van der Waals surface area contributed by atoms with Crippen molar-refractivity contribution in [1.29, 1.82) is 0 Å². The second-order valence-electron chi connectivity index (χ2n) is 9.75. The van der Waals surface area contributed by atoms with E-state index in [1.54, 1.807) is 0 Å². The quantitative estimate of drug-likeness (QED) is 0.121. The third-order valence-corrected chi connectivity index (χ3v) is 6.83. The van der Waals surface area contributed by atoms with E-state index in [9.17, 15) is 10.2 Å². The lowest BCUT2D eigenvalue weighted by atomic mass is 9.91. The Labute approximate surface area is 252 Å². The zero-order valence-electron chi connectivity index (χ0n) is 24.2. The van der Waals surface area contributed by atoms with Crippen LogP contribution in [0.25, 0.3) is 22.3 Å². The topological polar surface area (TPSA) is 118 Å². The molecule has 8 nitrogen and oxygen atoms in total. The van der Waals surface area contributed by atoms with Crippen LogP contribution in [0.5, 0.6) is 17.2 Å². The van der Waals surface area contributed by atoms with E-state index in [0.717, 1.165) is 45.2 Å². The first-order chi connectivity index (χ1) is 21.1. The molecule has 43 heavy (non-hydrogen) atoms. The van der Waals surface area contributed by atoms with Crippen LogP contribution in [0, 0.1) is 0 Å². The van der Waals surface area contributed by atoms with Crippen molar-refractivity contribution in [2.24, 2.45) is 0 Å². The molecule has 0 unspecified atom stereocenters. The van der Waals surface area contributed by atoms with Crippen molar-refractivity contribution in [1.82, 2.24) is 0 Å². The van der Waals surface area contributed by atoms with E-state index in [-0.39, 0.29) is 45.7 Å². The fourth-order valence-electron chi connectivity index (χ4n) is 4.80. The summed E-state index contributed by atoms with van der Waals surface area (Å²) in [6.07, 6.45) is 2.33. The molecule has 0 heterocycles. The molecule has 0 amide bonds. The Morgan fingerprint density at radius 3 is 1.81 bits per heavy atom. The van der Waals surface area contributed by atoms with E-state index < -0.39 is 0 Å². The average Bonchev–Trinajstić information content (AvgIpc) is 3.05. The van der Waals surface area contributed by atoms with Crippen molar-refractivity contribution in [2.45, 2.75) is 19.4 Å². The highest BCUT2D eigenvalue weighted by Gasteiger charge is 2.16. The largest absolute Gasteiger partial charge is 0.512 e. The van der Waals surface area contributed by atoms with Crippen LogP contribution in [0.2, 0.25) is 0 Å². The van der Waals surface area contributed by atoms with Crippen molar-refractivity contribution < 1.29 is 39.4 Å². The van der Waals surface area contributed by atoms with Crippen LogP contribution >= 0.6 is 0 Å². The molecule has 4 aromatic carbocycles. The summed E-state index contributed by atoms with van der Waals surface area (Å²) in [5.41, 5.74) is 6.96. The molecule has 0 spiro atoms. The van der Waals surface area contributed by atoms with Crippen molar-refractivity contribution in [3.63, 3.8) is 0 Å². The monoisotopic (exact) mass is 586 g/mol. The van der Waals surface area contributed by atoms with Crippen LogP contribution in [-0.4, -0.2) is 60.1 Å². The van der Waals surface area contributed by atoms with Gasteiger partial charge in [-0.2, -0.15) is 0 Å². The van der Waals surface area contributed by atoms with Gasteiger partial charge in [-0.15, -0.1) is 0 Å². The molecule has 0 radical (unpaired) electrons. The highest BCUT2D eigenvalue weighted by atomic mass is 16.5. The third-order valence-electron chi connectivity index (χ3n) is 6.83. The van der Waals surface area contributed by atoms with E-state index in [1.165, 1.54) is 6.26 Å². The van der Waals surface area contributed by atoms with Gasteiger partial charge in [-0.1, -0.05) is 48.5 Å². The first-order valence-corrected chi connectivity index (χ1v) is 14.2. The Bertz CT molecular complexity index is 1450. The fourth-order valence-corrected chi connectivity index (χ4v) is 4.80. The molecule has 4 rings (SSSR count). The van der Waals surface area contributed by atoms with E-state index >= 15 is 0 Å². The lowest BCUT2D eigenvalue weighted by molar-refractivity contribution is 0.0381. The van der Waals surface area contributed by atoms with Gasteiger partial charge in [0.1, 0.15) is 43.0 Å². The number of hydrogen-bond acceptors (Lipinski definition) is 8. The first-order valence-electron chi connectivity index (χ1n) is 14.2. The van der Waals surface area contributed by atoms with Crippen LogP contribution in [0.15, 0.2) is 97.5 Å². The molecule has 0 fully saturated rings. The molecule has 0 bridgehead atoms. The minimum absolute atomic E-state index is 0.0464. The summed E-state index contributed by atoms with van der Waals surface area (Å²) >= 11 is 0. The molecule has 0 aliphatic heterocycles. The lowest BCUT2D eigenvalue weighted by Crippen LogP contribution is -2.09. The minimum Gasteiger partial charge on any atom is -0.512 e. The standard InChI is InChI=1S/C35H38O8/c1-25(40-18-14-36)34-12-6-28(26-2-8-32(9-3-26)41-19-15-37)22-30(34)24-31-23-29(7-13-35(31)43-21-17-39)27-4-10-33(11-5-27)42-20-16-38/h2-13,15,19,22-23,25,36-39H,14,16-18,20-21,24H2,1H3/b19-15+/t25-/m0/s1. The minimum atomic E-state index is -0.256. The van der Waals surface area contributed by atoms with Crippen molar-refractivity contribution in [3.05, 3.63) is 114 Å². The number of aliphatic hydroxyl groups is 4. The van der Waals surface area contributed by atoms with Gasteiger partial charge in [0, 0.05) is 6.42 Å². The highest BCUT2D eigenvalue weighted by molar-refractivity contribution is 5.68. The highest BCUT2D eigenvalue weighted by Crippen LogP contribution is 2.34. The van der Waals surface area contributed by atoms with Gasteiger partial charge < -0.3 is 39.4 Å². The molecule has 0 saturated heterocycles. The predicted molar refractivity (Wildman–Crippen MR) is 166 cm³/mol.